The van der Waals surface area contributed by atoms with Crippen LogP contribution in [0.25, 0.3) is 22.2 Å². The molecule has 0 unspecified atom stereocenters. The van der Waals surface area contributed by atoms with Crippen LogP contribution in [0, 0.1) is 18.2 Å². The number of rotatable bonds is 8. The Hall–Kier alpha value is -3.74. The molecule has 0 aliphatic rings. The van der Waals surface area contributed by atoms with Crippen molar-refractivity contribution in [1.82, 2.24) is 9.66 Å². The molecule has 1 heterocycles. The normalized spacial score (nSPS) is 12.0. The van der Waals surface area contributed by atoms with Gasteiger partial charge in [0.25, 0.3) is 0 Å². The smallest absolute Gasteiger partial charge is 0.422 e. The fourth-order valence-electron chi connectivity index (χ4n) is 3.69. The van der Waals surface area contributed by atoms with Gasteiger partial charge in [-0.2, -0.15) is 22.9 Å². The van der Waals surface area contributed by atoms with E-state index in [1.54, 1.807) is 17.7 Å². The average Bonchev–Trinajstić information content (AvgIpc) is 3.19. The van der Waals surface area contributed by atoms with E-state index >= 15 is 4.39 Å². The first-order chi connectivity index (χ1) is 18.1. The van der Waals surface area contributed by atoms with Gasteiger partial charge in [0.2, 0.25) is 5.95 Å². The lowest BCUT2D eigenvalue weighted by atomic mass is 10.0. The highest BCUT2D eigenvalue weighted by Gasteiger charge is 2.29. The number of anilines is 1. The van der Waals surface area contributed by atoms with Gasteiger partial charge in [-0.05, 0) is 42.8 Å². The van der Waals surface area contributed by atoms with Crippen LogP contribution in [0.3, 0.4) is 0 Å². The Balaban J connectivity index is 1.62. The number of hydrogen-bond donors (Lipinski definition) is 1. The molecule has 5 nitrogen and oxygen atoms in total. The topological polar surface area (TPSA) is 51.4 Å². The fourth-order valence-corrected chi connectivity index (χ4v) is 4.24. The molecule has 0 amide bonds. The van der Waals surface area contributed by atoms with E-state index in [1.165, 1.54) is 24.3 Å². The van der Waals surface area contributed by atoms with E-state index in [4.69, 9.17) is 34.4 Å². The van der Waals surface area contributed by atoms with Crippen molar-refractivity contribution in [2.75, 3.05) is 11.9 Å². The van der Waals surface area contributed by atoms with Crippen LogP contribution < -0.4 is 10.1 Å². The number of aromatic nitrogens is 2. The molecule has 0 aliphatic heterocycles. The molecule has 4 rings (SSSR count). The molecule has 0 atom stereocenters. The van der Waals surface area contributed by atoms with Gasteiger partial charge in [-0.25, -0.2) is 9.37 Å². The molecule has 0 saturated carbocycles. The number of fused-ring (bicyclic) bond motifs is 1. The van der Waals surface area contributed by atoms with Crippen LogP contribution in [0.15, 0.2) is 59.7 Å². The molecular formula is C27H20Cl2F4N4O. The fraction of sp³-hybridized carbons (Fsp3) is 0.185. The van der Waals surface area contributed by atoms with Crippen molar-refractivity contribution in [1.29, 1.82) is 0 Å². The Bertz CT molecular complexity index is 1560. The summed E-state index contributed by atoms with van der Waals surface area (Å²) in [5, 5.41) is 7.67. The van der Waals surface area contributed by atoms with Crippen molar-refractivity contribution >= 4 is 45.9 Å². The largest absolute Gasteiger partial charge is 0.482 e. The van der Waals surface area contributed by atoms with E-state index in [0.717, 1.165) is 5.52 Å². The molecule has 4 aromatic rings. The summed E-state index contributed by atoms with van der Waals surface area (Å²) >= 11 is 12.2. The minimum absolute atomic E-state index is 0.0485. The molecule has 0 spiro atoms. The van der Waals surface area contributed by atoms with Crippen LogP contribution in [-0.2, 0) is 6.54 Å². The molecule has 0 bridgehead atoms. The van der Waals surface area contributed by atoms with Crippen molar-refractivity contribution in [2.24, 2.45) is 5.10 Å². The molecule has 196 valence electrons. The predicted molar refractivity (Wildman–Crippen MR) is 142 cm³/mol. The Morgan fingerprint density at radius 1 is 1.16 bits per heavy atom. The molecule has 11 heteroatoms. The summed E-state index contributed by atoms with van der Waals surface area (Å²) < 4.78 is 59.9. The van der Waals surface area contributed by atoms with Gasteiger partial charge in [0.1, 0.15) is 11.6 Å². The minimum atomic E-state index is -4.58. The van der Waals surface area contributed by atoms with Gasteiger partial charge in [0.05, 0.1) is 16.1 Å². The number of benzene rings is 3. The van der Waals surface area contributed by atoms with Crippen LogP contribution >= 0.6 is 23.2 Å². The Morgan fingerprint density at radius 3 is 2.63 bits per heavy atom. The van der Waals surface area contributed by atoms with Crippen LogP contribution in [0.1, 0.15) is 18.9 Å². The maximum absolute atomic E-state index is 15.2. The van der Waals surface area contributed by atoms with E-state index in [1.807, 2.05) is 24.3 Å². The third kappa shape index (κ3) is 6.39. The zero-order valence-electron chi connectivity index (χ0n) is 19.9. The number of imidazole rings is 1. The Morgan fingerprint density at radius 2 is 1.92 bits per heavy atom. The van der Waals surface area contributed by atoms with Crippen LogP contribution in [0.2, 0.25) is 10.0 Å². The molecule has 0 fully saturated rings. The van der Waals surface area contributed by atoms with Gasteiger partial charge in [-0.1, -0.05) is 47.5 Å². The van der Waals surface area contributed by atoms with E-state index < -0.39 is 18.6 Å². The van der Waals surface area contributed by atoms with Gasteiger partial charge < -0.3 is 10.1 Å². The number of para-hydroxylation sites is 2. The van der Waals surface area contributed by atoms with Crippen molar-refractivity contribution < 1.29 is 22.3 Å². The minimum Gasteiger partial charge on any atom is -0.482 e. The van der Waals surface area contributed by atoms with Gasteiger partial charge in [-0.3, -0.25) is 0 Å². The molecule has 1 aromatic heterocycles. The zero-order chi connectivity index (χ0) is 27.4. The summed E-state index contributed by atoms with van der Waals surface area (Å²) in [4.78, 5) is 4.54. The summed E-state index contributed by atoms with van der Waals surface area (Å²) in [5.74, 6) is 2.07. The monoisotopic (exact) mass is 562 g/mol. The second kappa shape index (κ2) is 11.3. The van der Waals surface area contributed by atoms with Crippen LogP contribution in [0.5, 0.6) is 5.75 Å². The van der Waals surface area contributed by atoms with Crippen molar-refractivity contribution in [3.63, 3.8) is 0 Å². The number of halogens is 6. The maximum atomic E-state index is 15.2. The number of hydrogen-bond acceptors (Lipinski definition) is 4. The lowest BCUT2D eigenvalue weighted by molar-refractivity contribution is -0.153. The quantitative estimate of drug-likeness (QED) is 0.135. The van der Waals surface area contributed by atoms with Crippen LogP contribution in [-0.4, -0.2) is 28.2 Å². The summed E-state index contributed by atoms with van der Waals surface area (Å²) in [6.45, 7) is 0.286. The number of ether oxygens (including phenoxy) is 1. The van der Waals surface area contributed by atoms with Crippen molar-refractivity contribution in [2.45, 2.75) is 26.1 Å². The van der Waals surface area contributed by atoms with Crippen molar-refractivity contribution in [3.8, 4) is 29.2 Å². The second-order valence-electron chi connectivity index (χ2n) is 8.28. The third-order valence-corrected chi connectivity index (χ3v) is 5.85. The van der Waals surface area contributed by atoms with Gasteiger partial charge >= 0.3 is 6.18 Å². The first-order valence-corrected chi connectivity index (χ1v) is 12.0. The summed E-state index contributed by atoms with van der Waals surface area (Å²) in [7, 11) is 0. The lowest BCUT2D eigenvalue weighted by Crippen LogP contribution is -2.19. The summed E-state index contributed by atoms with van der Waals surface area (Å²) in [6.07, 6.45) is 1.16. The van der Waals surface area contributed by atoms with Crippen LogP contribution in [0.4, 0.5) is 23.5 Å². The van der Waals surface area contributed by atoms with E-state index in [-0.39, 0.29) is 39.0 Å². The van der Waals surface area contributed by atoms with Gasteiger partial charge in [0.15, 0.2) is 6.61 Å². The molecule has 38 heavy (non-hydrogen) atoms. The molecular weight excluding hydrogens is 543 g/mol. The standard InChI is InChI=1S/C27H20Cl2F4N4O/c1-3-6-16(2)36-37-24-8-5-4-7-23(24)35-26(37)34-14-18-10-9-17(11-22(18)30)20-12-19(28)13-21(29)25(20)38-15-27(31,32)33/h1,4-5,7-13H,6,14-15H2,2H3,(H,34,35)/b36-16+. The number of terminal acetylenes is 1. The van der Waals surface area contributed by atoms with Gasteiger partial charge in [0, 0.05) is 34.8 Å². The highest BCUT2D eigenvalue weighted by atomic mass is 35.5. The number of nitrogens with zero attached hydrogens (tertiary/aromatic N) is 3. The van der Waals surface area contributed by atoms with Gasteiger partial charge in [-0.15, -0.1) is 12.3 Å². The first kappa shape index (κ1) is 27.3. The van der Waals surface area contributed by atoms with E-state index in [9.17, 15) is 13.2 Å². The SMILES string of the molecule is C#CC/C(C)=N/n1c(NCc2ccc(-c3cc(Cl)cc(Cl)c3OCC(F)(F)F)cc2F)nc2ccccc21. The zero-order valence-corrected chi connectivity index (χ0v) is 21.4. The third-order valence-electron chi connectivity index (χ3n) is 5.36. The molecule has 0 aliphatic carbocycles. The summed E-state index contributed by atoms with van der Waals surface area (Å²) in [5.41, 5.74) is 2.78. The lowest BCUT2D eigenvalue weighted by Gasteiger charge is -2.16. The molecule has 1 N–H and O–H groups in total. The highest BCUT2D eigenvalue weighted by Crippen LogP contribution is 2.40. The number of alkyl halides is 3. The van der Waals surface area contributed by atoms with E-state index in [0.29, 0.717) is 23.6 Å². The summed E-state index contributed by atoms with van der Waals surface area (Å²) in [6, 6.07) is 14.2. The first-order valence-electron chi connectivity index (χ1n) is 11.2. The maximum Gasteiger partial charge on any atom is 0.422 e. The van der Waals surface area contributed by atoms with E-state index in [2.05, 4.69) is 21.3 Å². The Labute approximate surface area is 226 Å². The Kier molecular flexibility index (Phi) is 8.14. The average molecular weight is 563 g/mol. The number of nitrogens with one attached hydrogen (secondary N) is 1. The molecule has 3 aromatic carbocycles. The molecule has 0 radical (unpaired) electrons. The highest BCUT2D eigenvalue weighted by molar-refractivity contribution is 6.36. The second-order valence-corrected chi connectivity index (χ2v) is 9.12. The molecule has 0 saturated heterocycles. The predicted octanol–water partition coefficient (Wildman–Crippen LogP) is 7.95. The van der Waals surface area contributed by atoms with Crippen molar-refractivity contribution in [3.05, 3.63) is 76.0 Å².